The summed E-state index contributed by atoms with van der Waals surface area (Å²) in [7, 11) is 0. The lowest BCUT2D eigenvalue weighted by molar-refractivity contribution is -0.144. The zero-order valence-electron chi connectivity index (χ0n) is 10.8. The maximum atomic E-state index is 12.9. The summed E-state index contributed by atoms with van der Waals surface area (Å²) in [6.45, 7) is 1.38. The minimum Gasteiger partial charge on any atom is -0.476 e. The van der Waals surface area contributed by atoms with Gasteiger partial charge in [-0.3, -0.25) is 0 Å². The minimum atomic E-state index is -4.91. The second-order valence-corrected chi connectivity index (χ2v) is 4.10. The third-order valence-electron chi connectivity index (χ3n) is 2.47. The highest BCUT2D eigenvalue weighted by atomic mass is 19.4. The summed E-state index contributed by atoms with van der Waals surface area (Å²) in [5, 5.41) is 18.5. The van der Waals surface area contributed by atoms with Crippen LogP contribution in [0.4, 0.5) is 13.2 Å². The predicted octanol–water partition coefficient (Wildman–Crippen LogP) is 1.38. The van der Waals surface area contributed by atoms with Crippen molar-refractivity contribution in [1.29, 1.82) is 0 Å². The van der Waals surface area contributed by atoms with Crippen LogP contribution in [0.5, 0.6) is 0 Å². The number of hydrogen-bond donors (Lipinski definition) is 1. The highest BCUT2D eigenvalue weighted by Crippen LogP contribution is 2.31. The molecule has 2 heterocycles. The number of hydrogen-bond acceptors (Lipinski definition) is 6. The van der Waals surface area contributed by atoms with Gasteiger partial charge in [-0.2, -0.15) is 18.2 Å². The second kappa shape index (κ2) is 5.50. The number of alkyl halides is 3. The van der Waals surface area contributed by atoms with Gasteiger partial charge in [-0.05, 0) is 6.42 Å². The summed E-state index contributed by atoms with van der Waals surface area (Å²) in [5.74, 6) is -1.56. The molecule has 0 aliphatic carbocycles. The average Bonchev–Trinajstić information content (AvgIpc) is 2.96. The Morgan fingerprint density at radius 3 is 2.71 bits per heavy atom. The van der Waals surface area contributed by atoms with Gasteiger partial charge in [0.25, 0.3) is 0 Å². The molecule has 0 saturated carbocycles. The molecule has 11 heteroatoms. The van der Waals surface area contributed by atoms with Crippen LogP contribution in [0.25, 0.3) is 0 Å². The maximum absolute atomic E-state index is 12.9. The first kappa shape index (κ1) is 14.9. The smallest absolute Gasteiger partial charge is 0.435 e. The van der Waals surface area contributed by atoms with Crippen molar-refractivity contribution in [3.8, 4) is 0 Å². The van der Waals surface area contributed by atoms with Gasteiger partial charge in [0.1, 0.15) is 6.54 Å². The molecule has 0 bridgehead atoms. The van der Waals surface area contributed by atoms with Crippen LogP contribution < -0.4 is 0 Å². The monoisotopic (exact) mass is 305 g/mol. The van der Waals surface area contributed by atoms with Gasteiger partial charge in [-0.15, -0.1) is 5.10 Å². The molecule has 0 amide bonds. The fraction of sp³-hybridized carbons (Fsp3) is 0.500. The first-order chi connectivity index (χ1) is 9.82. The Hall–Kier alpha value is -2.46. The molecule has 0 aromatic carbocycles. The van der Waals surface area contributed by atoms with Gasteiger partial charge in [0.05, 0.1) is 0 Å². The number of aromatic nitrogens is 5. The van der Waals surface area contributed by atoms with Crippen molar-refractivity contribution in [3.63, 3.8) is 0 Å². The van der Waals surface area contributed by atoms with E-state index in [9.17, 15) is 18.0 Å². The third kappa shape index (κ3) is 3.17. The molecule has 2 aromatic heterocycles. The Morgan fingerprint density at radius 1 is 1.43 bits per heavy atom. The van der Waals surface area contributed by atoms with Crippen LogP contribution in [0, 0.1) is 0 Å². The first-order valence-electron chi connectivity index (χ1n) is 5.88. The Labute approximate surface area is 115 Å². The van der Waals surface area contributed by atoms with Crippen molar-refractivity contribution >= 4 is 5.97 Å². The van der Waals surface area contributed by atoms with E-state index in [1.165, 1.54) is 0 Å². The molecule has 21 heavy (non-hydrogen) atoms. The molecule has 2 aromatic rings. The topological polar surface area (TPSA) is 107 Å². The molecule has 0 unspecified atom stereocenters. The largest absolute Gasteiger partial charge is 0.476 e. The number of carboxylic acid groups (broad SMARTS) is 1. The normalized spacial score (nSPS) is 11.8. The molecule has 114 valence electrons. The highest BCUT2D eigenvalue weighted by Gasteiger charge is 2.41. The lowest BCUT2D eigenvalue weighted by atomic mass is 10.3. The average molecular weight is 305 g/mol. The van der Waals surface area contributed by atoms with E-state index in [4.69, 9.17) is 9.63 Å². The van der Waals surface area contributed by atoms with Crippen LogP contribution >= 0.6 is 0 Å². The lowest BCUT2D eigenvalue weighted by Crippen LogP contribution is -2.19. The minimum absolute atomic E-state index is 0.106. The van der Waals surface area contributed by atoms with Crippen molar-refractivity contribution in [2.45, 2.75) is 32.5 Å². The number of carbonyl (C=O) groups is 1. The quantitative estimate of drug-likeness (QED) is 0.889. The van der Waals surface area contributed by atoms with E-state index in [0.29, 0.717) is 16.9 Å². The summed E-state index contributed by atoms with van der Waals surface area (Å²) in [5.41, 5.74) is -2.64. The van der Waals surface area contributed by atoms with E-state index >= 15 is 0 Å². The molecule has 8 nitrogen and oxygen atoms in total. The number of aromatic carboxylic acids is 1. The summed E-state index contributed by atoms with van der Waals surface area (Å²) >= 11 is 0. The molecule has 0 radical (unpaired) electrons. The van der Waals surface area contributed by atoms with Crippen LogP contribution in [0.3, 0.4) is 0 Å². The molecule has 0 saturated heterocycles. The molecule has 0 aliphatic rings. The van der Waals surface area contributed by atoms with E-state index in [2.05, 4.69) is 20.5 Å². The maximum Gasteiger partial charge on any atom is 0.435 e. The van der Waals surface area contributed by atoms with Crippen LogP contribution in [-0.2, 0) is 19.1 Å². The van der Waals surface area contributed by atoms with E-state index in [0.717, 1.165) is 6.42 Å². The second-order valence-electron chi connectivity index (χ2n) is 4.10. The van der Waals surface area contributed by atoms with E-state index in [1.807, 2.05) is 6.92 Å². The molecule has 0 fully saturated rings. The Balaban J connectivity index is 2.33. The summed E-state index contributed by atoms with van der Waals surface area (Å²) in [4.78, 5) is 14.6. The SMILES string of the molecule is CCCc1noc(Cn2nnc(C(=O)O)c2C(F)(F)F)n1. The lowest BCUT2D eigenvalue weighted by Gasteiger charge is -2.08. The van der Waals surface area contributed by atoms with Crippen molar-refractivity contribution in [2.75, 3.05) is 0 Å². The predicted molar refractivity (Wildman–Crippen MR) is 59.4 cm³/mol. The summed E-state index contributed by atoms with van der Waals surface area (Å²) in [6.07, 6.45) is -3.64. The standard InChI is InChI=1S/C10H10F3N5O3/c1-2-3-5-14-6(21-16-5)4-18-8(10(11,12)13)7(9(19)20)15-17-18/h2-4H2,1H3,(H,19,20). The molecule has 0 spiro atoms. The zero-order valence-corrected chi connectivity index (χ0v) is 10.8. The van der Waals surface area contributed by atoms with Crippen molar-refractivity contribution < 1.29 is 27.6 Å². The molecule has 1 N–H and O–H groups in total. The number of halogens is 3. The molecule has 0 aliphatic heterocycles. The number of aryl methyl sites for hydroxylation is 1. The number of carboxylic acids is 1. The Bertz CT molecular complexity index is 649. The molecular weight excluding hydrogens is 295 g/mol. The zero-order chi connectivity index (χ0) is 15.6. The van der Waals surface area contributed by atoms with E-state index in [1.54, 1.807) is 0 Å². The Morgan fingerprint density at radius 2 is 2.14 bits per heavy atom. The fourth-order valence-electron chi connectivity index (χ4n) is 1.66. The van der Waals surface area contributed by atoms with Crippen LogP contribution in [-0.4, -0.2) is 36.2 Å². The first-order valence-corrected chi connectivity index (χ1v) is 5.88. The summed E-state index contributed by atoms with van der Waals surface area (Å²) < 4.78 is 43.9. The van der Waals surface area contributed by atoms with Gasteiger partial charge in [0.15, 0.2) is 11.5 Å². The van der Waals surface area contributed by atoms with Gasteiger partial charge >= 0.3 is 12.1 Å². The Kier molecular flexibility index (Phi) is 3.91. The van der Waals surface area contributed by atoms with E-state index < -0.39 is 30.1 Å². The van der Waals surface area contributed by atoms with Gasteiger partial charge in [-0.1, -0.05) is 17.3 Å². The molecular formula is C10H10F3N5O3. The third-order valence-corrected chi connectivity index (χ3v) is 2.47. The van der Waals surface area contributed by atoms with Crippen molar-refractivity contribution in [2.24, 2.45) is 0 Å². The fourth-order valence-corrected chi connectivity index (χ4v) is 1.66. The van der Waals surface area contributed by atoms with Crippen LogP contribution in [0.1, 0.15) is 41.2 Å². The van der Waals surface area contributed by atoms with Gasteiger partial charge in [0.2, 0.25) is 11.6 Å². The summed E-state index contributed by atoms with van der Waals surface area (Å²) in [6, 6.07) is 0. The number of rotatable bonds is 5. The van der Waals surface area contributed by atoms with Gasteiger partial charge in [0, 0.05) is 6.42 Å². The molecule has 2 rings (SSSR count). The number of nitrogens with zero attached hydrogens (tertiary/aromatic N) is 5. The van der Waals surface area contributed by atoms with Crippen molar-refractivity contribution in [1.82, 2.24) is 25.1 Å². The van der Waals surface area contributed by atoms with Gasteiger partial charge in [-0.25, -0.2) is 9.48 Å². The van der Waals surface area contributed by atoms with Crippen molar-refractivity contribution in [3.05, 3.63) is 23.1 Å². The van der Waals surface area contributed by atoms with E-state index in [-0.39, 0.29) is 5.89 Å². The van der Waals surface area contributed by atoms with Crippen LogP contribution in [0.2, 0.25) is 0 Å². The van der Waals surface area contributed by atoms with Crippen LogP contribution in [0.15, 0.2) is 4.52 Å². The molecule has 0 atom stereocenters. The highest BCUT2D eigenvalue weighted by molar-refractivity contribution is 5.86. The van der Waals surface area contributed by atoms with Gasteiger partial charge < -0.3 is 9.63 Å².